The summed E-state index contributed by atoms with van der Waals surface area (Å²) in [6.07, 6.45) is 12.2. The van der Waals surface area contributed by atoms with E-state index < -0.39 is 0 Å². The van der Waals surface area contributed by atoms with Crippen LogP contribution >= 0.6 is 0 Å². The van der Waals surface area contributed by atoms with E-state index in [0.717, 1.165) is 25.8 Å². The second-order valence-corrected chi connectivity index (χ2v) is 5.37. The summed E-state index contributed by atoms with van der Waals surface area (Å²) in [7, 11) is 1.50. The highest BCUT2D eigenvalue weighted by molar-refractivity contribution is 5.67. The normalized spacial score (nSPS) is 16.6. The van der Waals surface area contributed by atoms with Crippen LogP contribution in [0.5, 0.6) is 0 Å². The maximum absolute atomic E-state index is 11.8. The van der Waals surface area contributed by atoms with E-state index in [4.69, 9.17) is 4.74 Å². The van der Waals surface area contributed by atoms with Crippen molar-refractivity contribution in [1.29, 1.82) is 0 Å². The van der Waals surface area contributed by atoms with Crippen molar-refractivity contribution in [3.05, 3.63) is 0 Å². The highest BCUT2D eigenvalue weighted by Crippen LogP contribution is 2.23. The molecule has 0 aromatic rings. The van der Waals surface area contributed by atoms with Gasteiger partial charge in [0, 0.05) is 12.6 Å². The largest absolute Gasteiger partial charge is 0.453 e. The average molecular weight is 255 g/mol. The third-order valence-electron chi connectivity index (χ3n) is 3.93. The first-order valence-corrected chi connectivity index (χ1v) is 7.64. The Morgan fingerprint density at radius 3 is 2.39 bits per heavy atom. The molecule has 0 aromatic heterocycles. The van der Waals surface area contributed by atoms with E-state index in [9.17, 15) is 4.79 Å². The van der Waals surface area contributed by atoms with Crippen molar-refractivity contribution in [1.82, 2.24) is 4.90 Å². The summed E-state index contributed by atoms with van der Waals surface area (Å²) < 4.78 is 4.93. The summed E-state index contributed by atoms with van der Waals surface area (Å²) in [5.74, 6) is 0. The smallest absolute Gasteiger partial charge is 0.409 e. The molecule has 0 aromatic carbocycles. The molecule has 0 saturated heterocycles. The lowest BCUT2D eigenvalue weighted by molar-refractivity contribution is 0.0926. The Morgan fingerprint density at radius 2 is 1.78 bits per heavy atom. The number of hydrogen-bond donors (Lipinski definition) is 0. The van der Waals surface area contributed by atoms with E-state index in [-0.39, 0.29) is 6.09 Å². The minimum atomic E-state index is -0.127. The van der Waals surface area contributed by atoms with Gasteiger partial charge in [0.25, 0.3) is 0 Å². The van der Waals surface area contributed by atoms with Crippen LogP contribution in [0.2, 0.25) is 0 Å². The predicted octanol–water partition coefficient (Wildman–Crippen LogP) is 4.36. The molecule has 0 atom stereocenters. The molecule has 106 valence electrons. The summed E-state index contributed by atoms with van der Waals surface area (Å²) in [6, 6.07) is 0.428. The fraction of sp³-hybridized carbons (Fsp3) is 0.933. The zero-order valence-corrected chi connectivity index (χ0v) is 12.1. The van der Waals surface area contributed by atoms with E-state index in [0.29, 0.717) is 6.04 Å². The molecule has 0 bridgehead atoms. The van der Waals surface area contributed by atoms with Crippen LogP contribution in [-0.2, 0) is 4.74 Å². The Balaban J connectivity index is 2.33. The molecule has 0 N–H and O–H groups in total. The first-order chi connectivity index (χ1) is 8.79. The third kappa shape index (κ3) is 5.28. The van der Waals surface area contributed by atoms with Crippen molar-refractivity contribution >= 4 is 6.09 Å². The Kier molecular flexibility index (Phi) is 7.86. The van der Waals surface area contributed by atoms with Gasteiger partial charge in [-0.25, -0.2) is 4.79 Å². The molecule has 1 saturated carbocycles. The van der Waals surface area contributed by atoms with Crippen molar-refractivity contribution in [2.75, 3.05) is 13.7 Å². The molecule has 0 unspecified atom stereocenters. The van der Waals surface area contributed by atoms with Gasteiger partial charge in [0.2, 0.25) is 0 Å². The number of hydrogen-bond acceptors (Lipinski definition) is 2. The van der Waals surface area contributed by atoms with E-state index in [1.54, 1.807) is 0 Å². The minimum absolute atomic E-state index is 0.127. The number of unbranched alkanes of at least 4 members (excludes halogenated alkanes) is 4. The highest BCUT2D eigenvalue weighted by atomic mass is 16.5. The molecule has 0 aliphatic heterocycles. The number of methoxy groups -OCH3 is 1. The van der Waals surface area contributed by atoms with Crippen LogP contribution in [0.15, 0.2) is 0 Å². The van der Waals surface area contributed by atoms with Gasteiger partial charge in [-0.3, -0.25) is 0 Å². The van der Waals surface area contributed by atoms with Crippen LogP contribution in [0, 0.1) is 0 Å². The molecular weight excluding hydrogens is 226 g/mol. The van der Waals surface area contributed by atoms with Crippen molar-refractivity contribution in [3.63, 3.8) is 0 Å². The average Bonchev–Trinajstić information content (AvgIpc) is 2.43. The summed E-state index contributed by atoms with van der Waals surface area (Å²) in [4.78, 5) is 13.8. The van der Waals surface area contributed by atoms with Gasteiger partial charge in [-0.15, -0.1) is 0 Å². The molecule has 0 spiro atoms. The van der Waals surface area contributed by atoms with Gasteiger partial charge in [-0.05, 0) is 19.3 Å². The lowest BCUT2D eigenvalue weighted by Crippen LogP contribution is -2.42. The molecular formula is C15H29NO2. The second kappa shape index (κ2) is 9.23. The standard InChI is InChI=1S/C15H29NO2/c1-3-4-5-6-10-13-16(15(17)18-2)14-11-8-7-9-12-14/h14H,3-13H2,1-2H3. The van der Waals surface area contributed by atoms with Gasteiger partial charge in [0.05, 0.1) is 7.11 Å². The summed E-state index contributed by atoms with van der Waals surface area (Å²) in [6.45, 7) is 3.10. The molecule has 3 heteroatoms. The number of carbonyl (C=O) groups is 1. The predicted molar refractivity (Wildman–Crippen MR) is 74.7 cm³/mol. The number of carbonyl (C=O) groups excluding carboxylic acids is 1. The summed E-state index contributed by atoms with van der Waals surface area (Å²) in [5, 5.41) is 0. The molecule has 0 radical (unpaired) electrons. The van der Waals surface area contributed by atoms with Gasteiger partial charge in [0.1, 0.15) is 0 Å². The molecule has 1 amide bonds. The van der Waals surface area contributed by atoms with E-state index in [1.165, 1.54) is 52.1 Å². The van der Waals surface area contributed by atoms with Crippen molar-refractivity contribution in [2.24, 2.45) is 0 Å². The van der Waals surface area contributed by atoms with E-state index >= 15 is 0 Å². The van der Waals surface area contributed by atoms with Crippen molar-refractivity contribution in [3.8, 4) is 0 Å². The maximum atomic E-state index is 11.8. The number of ether oxygens (including phenoxy) is 1. The Hall–Kier alpha value is -0.730. The second-order valence-electron chi connectivity index (χ2n) is 5.37. The quantitative estimate of drug-likeness (QED) is 0.633. The van der Waals surface area contributed by atoms with Gasteiger partial charge >= 0.3 is 6.09 Å². The first-order valence-electron chi connectivity index (χ1n) is 7.64. The molecule has 0 heterocycles. The summed E-state index contributed by atoms with van der Waals surface area (Å²) >= 11 is 0. The summed E-state index contributed by atoms with van der Waals surface area (Å²) in [5.41, 5.74) is 0. The van der Waals surface area contributed by atoms with E-state index in [2.05, 4.69) is 6.92 Å². The fourth-order valence-electron chi connectivity index (χ4n) is 2.82. The van der Waals surface area contributed by atoms with Gasteiger partial charge < -0.3 is 9.64 Å². The SMILES string of the molecule is CCCCCCCN(C(=O)OC)C1CCCCC1. The zero-order valence-electron chi connectivity index (χ0n) is 12.1. The Morgan fingerprint density at radius 1 is 1.11 bits per heavy atom. The van der Waals surface area contributed by atoms with Crippen LogP contribution in [0.1, 0.15) is 71.1 Å². The minimum Gasteiger partial charge on any atom is -0.453 e. The van der Waals surface area contributed by atoms with Crippen LogP contribution in [-0.4, -0.2) is 30.7 Å². The lowest BCUT2D eigenvalue weighted by atomic mass is 9.94. The van der Waals surface area contributed by atoms with Crippen LogP contribution in [0.3, 0.4) is 0 Å². The molecule has 18 heavy (non-hydrogen) atoms. The number of nitrogens with zero attached hydrogens (tertiary/aromatic N) is 1. The van der Waals surface area contributed by atoms with Gasteiger partial charge in [-0.2, -0.15) is 0 Å². The number of rotatable bonds is 7. The van der Waals surface area contributed by atoms with Crippen LogP contribution in [0.4, 0.5) is 4.79 Å². The van der Waals surface area contributed by atoms with Gasteiger partial charge in [0.15, 0.2) is 0 Å². The van der Waals surface area contributed by atoms with Crippen molar-refractivity contribution in [2.45, 2.75) is 77.2 Å². The topological polar surface area (TPSA) is 29.5 Å². The molecule has 1 aliphatic rings. The maximum Gasteiger partial charge on any atom is 0.409 e. The lowest BCUT2D eigenvalue weighted by Gasteiger charge is -2.33. The van der Waals surface area contributed by atoms with Crippen LogP contribution in [0.25, 0.3) is 0 Å². The molecule has 1 rings (SSSR count). The first kappa shape index (κ1) is 15.3. The molecule has 3 nitrogen and oxygen atoms in total. The monoisotopic (exact) mass is 255 g/mol. The van der Waals surface area contributed by atoms with E-state index in [1.807, 2.05) is 4.90 Å². The zero-order chi connectivity index (χ0) is 13.2. The fourth-order valence-corrected chi connectivity index (χ4v) is 2.82. The molecule has 1 fully saturated rings. The van der Waals surface area contributed by atoms with Crippen molar-refractivity contribution < 1.29 is 9.53 Å². The Labute approximate surface area is 112 Å². The molecule has 1 aliphatic carbocycles. The third-order valence-corrected chi connectivity index (χ3v) is 3.93. The van der Waals surface area contributed by atoms with Gasteiger partial charge in [-0.1, -0.05) is 51.9 Å². The van der Waals surface area contributed by atoms with Crippen LogP contribution < -0.4 is 0 Å². The number of amides is 1. The Bertz CT molecular complexity index is 225. The highest BCUT2D eigenvalue weighted by Gasteiger charge is 2.25.